The van der Waals surface area contributed by atoms with E-state index in [2.05, 4.69) is 12.1 Å². The van der Waals surface area contributed by atoms with Crippen LogP contribution in [0.25, 0.3) is 0 Å². The maximum absolute atomic E-state index is 9.30. The van der Waals surface area contributed by atoms with Crippen molar-refractivity contribution in [3.05, 3.63) is 30.3 Å². The Hall–Kier alpha value is -0.811. The zero-order valence-electron chi connectivity index (χ0n) is 7.18. The second-order valence-corrected chi connectivity index (χ2v) is 4.93. The van der Waals surface area contributed by atoms with Gasteiger partial charge in [0.05, 0.1) is 0 Å². The molecule has 0 saturated carbocycles. The van der Waals surface area contributed by atoms with Gasteiger partial charge in [0.2, 0.25) is 0 Å². The third-order valence-corrected chi connectivity index (χ3v) is 3.94. The fourth-order valence-corrected chi connectivity index (χ4v) is 2.66. The van der Waals surface area contributed by atoms with Crippen molar-refractivity contribution in [1.82, 2.24) is 0 Å². The first-order chi connectivity index (χ1) is 6.33. The quantitative estimate of drug-likeness (QED) is 0.788. The molecule has 13 heavy (non-hydrogen) atoms. The van der Waals surface area contributed by atoms with Gasteiger partial charge in [-0.05, 0) is 0 Å². The molecule has 0 bridgehead atoms. The number of nitrogens with zero attached hydrogens (tertiary/aromatic N) is 1. The van der Waals surface area contributed by atoms with Crippen LogP contribution >= 0.6 is 0 Å². The Bertz CT molecular complexity index is 281. The van der Waals surface area contributed by atoms with Crippen molar-refractivity contribution in [2.75, 3.05) is 0 Å². The van der Waals surface area contributed by atoms with Crippen molar-refractivity contribution in [2.45, 2.75) is 17.8 Å². The normalized spacial score (nSPS) is 12.0. The van der Waals surface area contributed by atoms with Gasteiger partial charge >= 0.3 is 84.0 Å². The van der Waals surface area contributed by atoms with Crippen LogP contribution in [-0.4, -0.2) is 26.2 Å². The molecule has 1 N–H and O–H groups in total. The van der Waals surface area contributed by atoms with E-state index < -0.39 is 6.10 Å². The number of aliphatic hydroxyl groups excluding tert-OH is 1. The molecule has 68 valence electrons. The van der Waals surface area contributed by atoms with Crippen LogP contribution in [0.2, 0.25) is 5.32 Å². The number of aliphatic hydroxyl groups is 1. The summed E-state index contributed by atoms with van der Waals surface area (Å²) in [5.41, 5.74) is 0. The molecule has 3 heteroatoms. The van der Waals surface area contributed by atoms with E-state index in [1.54, 1.807) is 0 Å². The molecule has 0 aliphatic rings. The zero-order chi connectivity index (χ0) is 9.52. The Morgan fingerprint density at radius 2 is 2.08 bits per heavy atom. The van der Waals surface area contributed by atoms with Crippen LogP contribution in [-0.2, 0) is 0 Å². The van der Waals surface area contributed by atoms with Gasteiger partial charge in [-0.25, -0.2) is 0 Å². The first-order valence-corrected chi connectivity index (χ1v) is 6.12. The van der Waals surface area contributed by atoms with Crippen molar-refractivity contribution in [2.24, 2.45) is 0 Å². The Labute approximate surface area is 84.4 Å². The van der Waals surface area contributed by atoms with E-state index in [0.29, 0.717) is 0 Å². The minimum atomic E-state index is -0.454. The predicted molar refractivity (Wildman–Crippen MR) is 52.9 cm³/mol. The minimum absolute atomic E-state index is 0.245. The van der Waals surface area contributed by atoms with E-state index in [1.807, 2.05) is 24.3 Å². The van der Waals surface area contributed by atoms with Crippen LogP contribution in [0, 0.1) is 11.3 Å². The van der Waals surface area contributed by atoms with Crippen LogP contribution in [0.5, 0.6) is 0 Å². The molecule has 0 aliphatic carbocycles. The van der Waals surface area contributed by atoms with Crippen molar-refractivity contribution in [1.29, 1.82) is 5.26 Å². The second-order valence-electron chi connectivity index (χ2n) is 2.64. The van der Waals surface area contributed by atoms with Gasteiger partial charge in [0.1, 0.15) is 0 Å². The van der Waals surface area contributed by atoms with E-state index >= 15 is 0 Å². The van der Waals surface area contributed by atoms with Crippen molar-refractivity contribution >= 4 is 19.4 Å². The summed E-state index contributed by atoms with van der Waals surface area (Å²) < 4.78 is 1.27. The van der Waals surface area contributed by atoms with Crippen molar-refractivity contribution < 1.29 is 5.11 Å². The summed E-state index contributed by atoms with van der Waals surface area (Å²) in [6, 6.07) is 12.0. The fourth-order valence-electron chi connectivity index (χ4n) is 0.873. The van der Waals surface area contributed by atoms with E-state index in [-0.39, 0.29) is 21.4 Å². The third-order valence-electron chi connectivity index (χ3n) is 1.51. The van der Waals surface area contributed by atoms with Gasteiger partial charge in [-0.3, -0.25) is 0 Å². The molecular formula is C10H11NOSe. The molecule has 0 spiro atoms. The number of hydrogen-bond acceptors (Lipinski definition) is 2. The van der Waals surface area contributed by atoms with E-state index in [1.165, 1.54) is 4.46 Å². The summed E-state index contributed by atoms with van der Waals surface area (Å²) in [4.78, 5) is 0. The Balaban J connectivity index is 2.32. The summed E-state index contributed by atoms with van der Waals surface area (Å²) in [5.74, 6) is 0. The molecule has 1 atom stereocenters. The molecule has 0 aliphatic heterocycles. The van der Waals surface area contributed by atoms with E-state index in [9.17, 15) is 5.11 Å². The number of nitriles is 1. The first-order valence-electron chi connectivity index (χ1n) is 4.06. The monoisotopic (exact) mass is 241 g/mol. The summed E-state index contributed by atoms with van der Waals surface area (Å²) in [6.07, 6.45) is -0.209. The van der Waals surface area contributed by atoms with Gasteiger partial charge < -0.3 is 0 Å². The molecule has 0 fully saturated rings. The topological polar surface area (TPSA) is 44.0 Å². The average molecular weight is 240 g/mol. The molecule has 0 radical (unpaired) electrons. The summed E-state index contributed by atoms with van der Waals surface area (Å²) >= 11 is 0.289. The van der Waals surface area contributed by atoms with E-state index in [4.69, 9.17) is 5.26 Å². The molecular weight excluding hydrogens is 229 g/mol. The van der Waals surface area contributed by atoms with Crippen LogP contribution in [0.3, 0.4) is 0 Å². The van der Waals surface area contributed by atoms with Crippen molar-refractivity contribution in [3.8, 4) is 6.07 Å². The molecule has 0 amide bonds. The zero-order valence-corrected chi connectivity index (χ0v) is 8.89. The molecule has 0 unspecified atom stereocenters. The third kappa shape index (κ3) is 4.10. The molecule has 1 rings (SSSR count). The van der Waals surface area contributed by atoms with Gasteiger partial charge in [0.25, 0.3) is 0 Å². The summed E-state index contributed by atoms with van der Waals surface area (Å²) in [5, 5.41) is 18.4. The Kier molecular flexibility index (Phi) is 4.56. The van der Waals surface area contributed by atoms with Crippen molar-refractivity contribution in [3.63, 3.8) is 0 Å². The molecule has 1 aromatic carbocycles. The Morgan fingerprint density at radius 3 is 2.69 bits per heavy atom. The summed E-state index contributed by atoms with van der Waals surface area (Å²) in [7, 11) is 0. The molecule has 0 aromatic heterocycles. The van der Waals surface area contributed by atoms with Crippen LogP contribution in [0.4, 0.5) is 0 Å². The maximum atomic E-state index is 9.30. The molecule has 1 aromatic rings. The predicted octanol–water partition coefficient (Wildman–Crippen LogP) is 0.709. The Morgan fingerprint density at radius 1 is 1.38 bits per heavy atom. The second kappa shape index (κ2) is 5.77. The van der Waals surface area contributed by atoms with Gasteiger partial charge in [0, 0.05) is 0 Å². The fraction of sp³-hybridized carbons (Fsp3) is 0.300. The van der Waals surface area contributed by atoms with Gasteiger partial charge in [-0.2, -0.15) is 0 Å². The van der Waals surface area contributed by atoms with E-state index in [0.717, 1.165) is 5.32 Å². The number of hydrogen-bond donors (Lipinski definition) is 1. The first kappa shape index (κ1) is 10.3. The van der Waals surface area contributed by atoms with Crippen LogP contribution in [0.15, 0.2) is 30.3 Å². The number of benzene rings is 1. The summed E-state index contributed by atoms with van der Waals surface area (Å²) in [6.45, 7) is 0. The number of rotatable bonds is 4. The van der Waals surface area contributed by atoms with Gasteiger partial charge in [-0.15, -0.1) is 0 Å². The van der Waals surface area contributed by atoms with Crippen LogP contribution in [0.1, 0.15) is 6.42 Å². The van der Waals surface area contributed by atoms with Crippen LogP contribution < -0.4 is 4.46 Å². The molecule has 0 heterocycles. The SMILES string of the molecule is N#CC[C@H](O)C[Se]c1ccccc1. The average Bonchev–Trinajstić information content (AvgIpc) is 2.17. The molecule has 2 nitrogen and oxygen atoms in total. The molecule has 0 saturated heterocycles. The van der Waals surface area contributed by atoms with Gasteiger partial charge in [-0.1, -0.05) is 0 Å². The van der Waals surface area contributed by atoms with Gasteiger partial charge in [0.15, 0.2) is 0 Å². The standard InChI is InChI=1S/C10H11NOSe/c11-7-6-9(12)8-13-10-4-2-1-3-5-10/h1-5,9,12H,6,8H2/t9-/m0/s1.